The summed E-state index contributed by atoms with van der Waals surface area (Å²) >= 11 is 0. The van der Waals surface area contributed by atoms with Crippen LogP contribution in [0.5, 0.6) is 11.5 Å². The normalized spacial score (nSPS) is 11.9. The highest BCUT2D eigenvalue weighted by molar-refractivity contribution is 5.82. The van der Waals surface area contributed by atoms with E-state index in [0.29, 0.717) is 16.7 Å². The zero-order valence-corrected chi connectivity index (χ0v) is 21.9. The average molecular weight is 545 g/mol. The summed E-state index contributed by atoms with van der Waals surface area (Å²) in [7, 11) is 1.27. The molecule has 10 heteroatoms. The number of benzene rings is 3. The van der Waals surface area contributed by atoms with Crippen LogP contribution in [0, 0.1) is 0 Å². The van der Waals surface area contributed by atoms with E-state index in [1.165, 1.54) is 19.2 Å². The first-order valence-electron chi connectivity index (χ1n) is 12.4. The molecule has 0 aliphatic heterocycles. The maximum Gasteiger partial charge on any atom is 0.416 e. The van der Waals surface area contributed by atoms with Crippen LogP contribution in [0.1, 0.15) is 48.6 Å². The van der Waals surface area contributed by atoms with Gasteiger partial charge in [0.2, 0.25) is 0 Å². The Bertz CT molecular complexity index is 1300. The van der Waals surface area contributed by atoms with Gasteiger partial charge in [0.1, 0.15) is 11.5 Å². The number of aromatic hydroxyl groups is 1. The lowest BCUT2D eigenvalue weighted by atomic mass is 9.84. The molecule has 3 aromatic carbocycles. The lowest BCUT2D eigenvalue weighted by Gasteiger charge is -2.28. The highest BCUT2D eigenvalue weighted by Crippen LogP contribution is 2.46. The number of carbonyl (C=O) groups excluding carboxylic acids is 2. The quantitative estimate of drug-likeness (QED) is 0.266. The van der Waals surface area contributed by atoms with E-state index >= 15 is 0 Å². The Kier molecular flexibility index (Phi) is 9.81. The topological polar surface area (TPSA) is 96.9 Å². The molecule has 1 unspecified atom stereocenters. The SMILES string of the molecule is CCOC(=O)Cc1c(C(F)(F)F)cc(OC)c(-c2ccccc2)c1C(CC)NC(=O)NCc1cccc(O)c1. The predicted molar refractivity (Wildman–Crippen MR) is 140 cm³/mol. The van der Waals surface area contributed by atoms with E-state index in [1.807, 2.05) is 0 Å². The molecule has 3 rings (SSSR count). The minimum atomic E-state index is -4.81. The number of phenols is 1. The number of carbonyl (C=O) groups is 2. The molecule has 39 heavy (non-hydrogen) atoms. The number of rotatable bonds is 10. The van der Waals surface area contributed by atoms with Gasteiger partial charge in [0.05, 0.1) is 31.7 Å². The van der Waals surface area contributed by atoms with Gasteiger partial charge in [0.15, 0.2) is 0 Å². The number of halogens is 3. The van der Waals surface area contributed by atoms with Crippen molar-refractivity contribution in [2.45, 2.75) is 45.5 Å². The largest absolute Gasteiger partial charge is 0.508 e. The maximum atomic E-state index is 14.4. The second-order valence-corrected chi connectivity index (χ2v) is 8.70. The smallest absolute Gasteiger partial charge is 0.416 e. The first kappa shape index (κ1) is 29.3. The maximum absolute atomic E-state index is 14.4. The first-order valence-corrected chi connectivity index (χ1v) is 12.4. The average Bonchev–Trinajstić information content (AvgIpc) is 2.90. The van der Waals surface area contributed by atoms with E-state index in [2.05, 4.69) is 10.6 Å². The van der Waals surface area contributed by atoms with Gasteiger partial charge >= 0.3 is 18.2 Å². The fourth-order valence-electron chi connectivity index (χ4n) is 4.40. The molecule has 0 saturated carbocycles. The van der Waals surface area contributed by atoms with Crippen molar-refractivity contribution < 1.29 is 37.3 Å². The second kappa shape index (κ2) is 13.0. The Morgan fingerprint density at radius 1 is 1.03 bits per heavy atom. The van der Waals surface area contributed by atoms with Crippen LogP contribution in [-0.4, -0.2) is 30.8 Å². The van der Waals surface area contributed by atoms with Gasteiger partial charge in [0, 0.05) is 12.1 Å². The van der Waals surface area contributed by atoms with Crippen molar-refractivity contribution in [2.75, 3.05) is 13.7 Å². The molecule has 0 spiro atoms. The molecule has 7 nitrogen and oxygen atoms in total. The summed E-state index contributed by atoms with van der Waals surface area (Å²) in [4.78, 5) is 25.5. The number of urea groups is 1. The minimum Gasteiger partial charge on any atom is -0.508 e. The molecule has 0 bridgehead atoms. The molecule has 0 heterocycles. The molecule has 2 amide bonds. The Morgan fingerprint density at radius 3 is 2.33 bits per heavy atom. The Hall–Kier alpha value is -4.21. The van der Waals surface area contributed by atoms with Crippen molar-refractivity contribution in [3.05, 3.63) is 82.9 Å². The number of ether oxygens (including phenoxy) is 2. The monoisotopic (exact) mass is 544 g/mol. The van der Waals surface area contributed by atoms with Gasteiger partial charge in [-0.15, -0.1) is 0 Å². The highest BCUT2D eigenvalue weighted by Gasteiger charge is 2.39. The second-order valence-electron chi connectivity index (χ2n) is 8.70. The number of esters is 1. The van der Waals surface area contributed by atoms with Gasteiger partial charge in [-0.25, -0.2) is 4.79 Å². The van der Waals surface area contributed by atoms with Gasteiger partial charge < -0.3 is 25.2 Å². The molecular weight excluding hydrogens is 513 g/mol. The van der Waals surface area contributed by atoms with Crippen LogP contribution in [0.4, 0.5) is 18.0 Å². The number of amides is 2. The fourth-order valence-corrected chi connectivity index (χ4v) is 4.40. The highest BCUT2D eigenvalue weighted by atomic mass is 19.4. The summed E-state index contributed by atoms with van der Waals surface area (Å²) in [6, 6.07) is 14.3. The van der Waals surface area contributed by atoms with E-state index in [0.717, 1.165) is 6.07 Å². The van der Waals surface area contributed by atoms with E-state index in [1.54, 1.807) is 56.3 Å². The number of methoxy groups -OCH3 is 1. The molecule has 208 valence electrons. The number of phenolic OH excluding ortho intramolecular Hbond substituents is 1. The van der Waals surface area contributed by atoms with Crippen LogP contribution < -0.4 is 15.4 Å². The van der Waals surface area contributed by atoms with Gasteiger partial charge in [-0.05, 0) is 53.8 Å². The molecular formula is C29H31F3N2O5. The van der Waals surface area contributed by atoms with Crippen molar-refractivity contribution >= 4 is 12.0 Å². The summed E-state index contributed by atoms with van der Waals surface area (Å²) in [5.41, 5.74) is 0.320. The van der Waals surface area contributed by atoms with Crippen molar-refractivity contribution in [2.24, 2.45) is 0 Å². The Labute approximate surface area is 225 Å². The predicted octanol–water partition coefficient (Wildman–Crippen LogP) is 6.14. The zero-order chi connectivity index (χ0) is 28.6. The summed E-state index contributed by atoms with van der Waals surface area (Å²) in [5, 5.41) is 15.1. The number of hydrogen-bond acceptors (Lipinski definition) is 5. The fraction of sp³-hybridized carbons (Fsp3) is 0.310. The summed E-state index contributed by atoms with van der Waals surface area (Å²) in [6.07, 6.45) is -5.25. The van der Waals surface area contributed by atoms with Crippen LogP contribution in [0.2, 0.25) is 0 Å². The van der Waals surface area contributed by atoms with Gasteiger partial charge in [-0.1, -0.05) is 49.4 Å². The van der Waals surface area contributed by atoms with Crippen molar-refractivity contribution in [3.8, 4) is 22.6 Å². The van der Waals surface area contributed by atoms with Crippen molar-refractivity contribution in [1.82, 2.24) is 10.6 Å². The number of hydrogen-bond donors (Lipinski definition) is 3. The lowest BCUT2D eigenvalue weighted by Crippen LogP contribution is -2.38. The summed E-state index contributed by atoms with van der Waals surface area (Å²) in [5.74, 6) is -0.832. The van der Waals surface area contributed by atoms with E-state index in [-0.39, 0.29) is 42.2 Å². The first-order chi connectivity index (χ1) is 18.6. The molecule has 0 aromatic heterocycles. The van der Waals surface area contributed by atoms with Gasteiger partial charge in [-0.3, -0.25) is 4.79 Å². The molecule has 3 aromatic rings. The molecule has 0 aliphatic rings. The van der Waals surface area contributed by atoms with Crippen LogP contribution in [0.15, 0.2) is 60.7 Å². The van der Waals surface area contributed by atoms with Crippen LogP contribution in [-0.2, 0) is 28.7 Å². The van der Waals surface area contributed by atoms with Gasteiger partial charge in [-0.2, -0.15) is 13.2 Å². The van der Waals surface area contributed by atoms with E-state index in [9.17, 15) is 27.9 Å². The van der Waals surface area contributed by atoms with Crippen LogP contribution in [0.25, 0.3) is 11.1 Å². The Balaban J connectivity index is 2.16. The molecule has 1 atom stereocenters. The third kappa shape index (κ3) is 7.43. The zero-order valence-electron chi connectivity index (χ0n) is 21.9. The molecule has 0 radical (unpaired) electrons. The van der Waals surface area contributed by atoms with Gasteiger partial charge in [0.25, 0.3) is 0 Å². The van der Waals surface area contributed by atoms with E-state index < -0.39 is 36.2 Å². The summed E-state index contributed by atoms with van der Waals surface area (Å²) < 4.78 is 53.5. The van der Waals surface area contributed by atoms with E-state index in [4.69, 9.17) is 9.47 Å². The van der Waals surface area contributed by atoms with Crippen molar-refractivity contribution in [3.63, 3.8) is 0 Å². The summed E-state index contributed by atoms with van der Waals surface area (Å²) in [6.45, 7) is 3.36. The third-order valence-corrected chi connectivity index (χ3v) is 6.08. The minimum absolute atomic E-state index is 0.00408. The van der Waals surface area contributed by atoms with Crippen molar-refractivity contribution in [1.29, 1.82) is 0 Å². The molecule has 0 aliphatic carbocycles. The van der Waals surface area contributed by atoms with Crippen LogP contribution >= 0.6 is 0 Å². The third-order valence-electron chi connectivity index (χ3n) is 6.08. The number of alkyl halides is 3. The molecule has 0 fully saturated rings. The molecule has 3 N–H and O–H groups in total. The van der Waals surface area contributed by atoms with Crippen LogP contribution in [0.3, 0.4) is 0 Å². The standard InChI is InChI=1S/C29H31F3N2O5/c1-4-23(34-28(37)33-17-18-10-9-13-20(35)14-18)27-21(15-25(36)39-5-2)22(29(30,31)32)16-24(38-3)26(27)19-11-7-6-8-12-19/h6-14,16,23,35H,4-5,15,17H2,1-3H3,(H2,33,34,37). The lowest BCUT2D eigenvalue weighted by molar-refractivity contribution is -0.143. The Morgan fingerprint density at radius 2 is 1.74 bits per heavy atom. The molecule has 0 saturated heterocycles. The number of nitrogens with one attached hydrogen (secondary N) is 2.